The smallest absolute Gasteiger partial charge is 0.426 e. The summed E-state index contributed by atoms with van der Waals surface area (Å²) in [6, 6.07) is 9.65. The van der Waals surface area contributed by atoms with E-state index in [0.717, 1.165) is 5.56 Å². The first-order chi connectivity index (χ1) is 9.48. The number of hydrogen-bond acceptors (Lipinski definition) is 4. The van der Waals surface area contributed by atoms with Crippen LogP contribution in [0.3, 0.4) is 0 Å². The molecule has 1 amide bonds. The van der Waals surface area contributed by atoms with Crippen LogP contribution >= 0.6 is 0 Å². The van der Waals surface area contributed by atoms with Crippen LogP contribution in [0.5, 0.6) is 0 Å². The summed E-state index contributed by atoms with van der Waals surface area (Å²) in [5.74, 6) is -0.773. The van der Waals surface area contributed by atoms with Crippen LogP contribution in [-0.2, 0) is 11.2 Å². The van der Waals surface area contributed by atoms with Crippen LogP contribution in [0.4, 0.5) is 0 Å². The van der Waals surface area contributed by atoms with Crippen LogP contribution in [0, 0.1) is 0 Å². The van der Waals surface area contributed by atoms with Gasteiger partial charge in [0, 0.05) is 6.54 Å². The number of nitrogens with zero attached hydrogens (tertiary/aromatic N) is 1. The molecular formula is C14H21BN2O3. The van der Waals surface area contributed by atoms with E-state index in [2.05, 4.69) is 0 Å². The number of nitrogens with two attached hydrogens (primary N) is 1. The molecule has 1 heterocycles. The van der Waals surface area contributed by atoms with Gasteiger partial charge in [-0.3, -0.25) is 4.79 Å². The predicted octanol–water partition coefficient (Wildman–Crippen LogP) is -0.0505. The fourth-order valence-electron chi connectivity index (χ4n) is 2.85. The van der Waals surface area contributed by atoms with Crippen molar-refractivity contribution in [3.8, 4) is 0 Å². The Morgan fingerprint density at radius 3 is 2.60 bits per heavy atom. The van der Waals surface area contributed by atoms with Gasteiger partial charge in [-0.2, -0.15) is 0 Å². The summed E-state index contributed by atoms with van der Waals surface area (Å²) in [5, 5.41) is 18.7. The lowest BCUT2D eigenvalue weighted by atomic mass is 9.76. The summed E-state index contributed by atoms with van der Waals surface area (Å²) in [7, 11) is -1.52. The number of rotatable bonds is 5. The van der Waals surface area contributed by atoms with Crippen molar-refractivity contribution in [2.75, 3.05) is 6.54 Å². The predicted molar refractivity (Wildman–Crippen MR) is 77.7 cm³/mol. The summed E-state index contributed by atoms with van der Waals surface area (Å²) in [6.07, 6.45) is 1.50. The molecule has 108 valence electrons. The second-order valence-electron chi connectivity index (χ2n) is 5.46. The summed E-state index contributed by atoms with van der Waals surface area (Å²) in [5.41, 5.74) is 6.34. The molecule has 0 bridgehead atoms. The van der Waals surface area contributed by atoms with Gasteiger partial charge in [-0.15, -0.1) is 0 Å². The summed E-state index contributed by atoms with van der Waals surface area (Å²) >= 11 is 0. The number of benzene rings is 1. The van der Waals surface area contributed by atoms with Crippen LogP contribution in [0.2, 0.25) is 0 Å². The molecule has 0 spiro atoms. The number of carbonyl (C=O) groups excluding carboxylic acids is 1. The van der Waals surface area contributed by atoms with Gasteiger partial charge in [-0.05, 0) is 24.8 Å². The Balaban J connectivity index is 2.13. The standard InChI is InChI=1S/C14H21BN2O3/c1-2-12(15(19)20)17-9-8-14(16,13(17)18)10-11-6-4-3-5-7-11/h3-7,12,19-20H,2,8-10,16H2,1H3/t12?,14-/m0/s1. The minimum Gasteiger partial charge on any atom is -0.426 e. The Labute approximate surface area is 119 Å². The van der Waals surface area contributed by atoms with E-state index in [1.165, 1.54) is 4.90 Å². The first-order valence-corrected chi connectivity index (χ1v) is 6.98. The van der Waals surface area contributed by atoms with Crippen LogP contribution in [0.15, 0.2) is 30.3 Å². The SMILES string of the molecule is CCC(B(O)O)N1CC[C@](N)(Cc2ccccc2)C1=O. The highest BCUT2D eigenvalue weighted by Crippen LogP contribution is 2.27. The van der Waals surface area contributed by atoms with Crippen molar-refractivity contribution >= 4 is 13.0 Å². The van der Waals surface area contributed by atoms with Gasteiger partial charge in [-0.25, -0.2) is 0 Å². The molecule has 2 rings (SSSR count). The topological polar surface area (TPSA) is 86.8 Å². The van der Waals surface area contributed by atoms with Gasteiger partial charge in [0.2, 0.25) is 5.91 Å². The van der Waals surface area contributed by atoms with Crippen LogP contribution in [-0.4, -0.2) is 46.0 Å². The monoisotopic (exact) mass is 276 g/mol. The highest BCUT2D eigenvalue weighted by molar-refractivity contribution is 6.43. The molecule has 4 N–H and O–H groups in total. The highest BCUT2D eigenvalue weighted by atomic mass is 16.4. The zero-order chi connectivity index (χ0) is 14.8. The zero-order valence-electron chi connectivity index (χ0n) is 11.7. The van der Waals surface area contributed by atoms with Gasteiger partial charge < -0.3 is 20.7 Å². The third-order valence-electron chi connectivity index (χ3n) is 4.01. The van der Waals surface area contributed by atoms with Gasteiger partial charge in [-0.1, -0.05) is 37.3 Å². The molecule has 0 saturated carbocycles. The fourth-order valence-corrected chi connectivity index (χ4v) is 2.85. The largest absolute Gasteiger partial charge is 0.475 e. The van der Waals surface area contributed by atoms with E-state index in [-0.39, 0.29) is 5.91 Å². The third-order valence-corrected chi connectivity index (χ3v) is 4.01. The molecule has 2 atom stereocenters. The van der Waals surface area contributed by atoms with Crippen molar-refractivity contribution in [2.45, 2.75) is 37.7 Å². The summed E-state index contributed by atoms with van der Waals surface area (Å²) in [4.78, 5) is 14.0. The molecule has 1 unspecified atom stereocenters. The number of hydrogen-bond donors (Lipinski definition) is 3. The number of carbonyl (C=O) groups is 1. The van der Waals surface area contributed by atoms with Crippen molar-refractivity contribution in [1.82, 2.24) is 4.90 Å². The van der Waals surface area contributed by atoms with Crippen molar-refractivity contribution in [1.29, 1.82) is 0 Å². The Morgan fingerprint density at radius 1 is 1.40 bits per heavy atom. The molecule has 0 aliphatic carbocycles. The van der Waals surface area contributed by atoms with E-state index < -0.39 is 18.6 Å². The van der Waals surface area contributed by atoms with Crippen molar-refractivity contribution in [3.05, 3.63) is 35.9 Å². The lowest BCUT2D eigenvalue weighted by molar-refractivity contribution is -0.133. The normalized spacial score (nSPS) is 24.0. The molecule has 6 heteroatoms. The number of amides is 1. The highest BCUT2D eigenvalue weighted by Gasteiger charge is 2.47. The van der Waals surface area contributed by atoms with E-state index in [1.807, 2.05) is 37.3 Å². The average molecular weight is 276 g/mol. The molecule has 1 aliphatic heterocycles. The molecule has 1 aliphatic rings. The second-order valence-corrected chi connectivity index (χ2v) is 5.46. The molecule has 1 fully saturated rings. The molecule has 5 nitrogen and oxygen atoms in total. The molecule has 1 saturated heterocycles. The molecular weight excluding hydrogens is 255 g/mol. The van der Waals surface area contributed by atoms with E-state index in [1.54, 1.807) is 0 Å². The minimum atomic E-state index is -1.52. The van der Waals surface area contributed by atoms with Gasteiger partial charge in [0.05, 0.1) is 5.94 Å². The molecule has 0 aromatic heterocycles. The quantitative estimate of drug-likeness (QED) is 0.658. The van der Waals surface area contributed by atoms with Gasteiger partial charge in [0.1, 0.15) is 5.54 Å². The maximum Gasteiger partial charge on any atom is 0.475 e. The average Bonchev–Trinajstić information content (AvgIpc) is 2.69. The molecule has 0 radical (unpaired) electrons. The minimum absolute atomic E-state index is 0.193. The Kier molecular flexibility index (Phi) is 4.47. The van der Waals surface area contributed by atoms with Crippen LogP contribution in [0.25, 0.3) is 0 Å². The summed E-state index contributed by atoms with van der Waals surface area (Å²) < 4.78 is 0. The second kappa shape index (κ2) is 5.95. The maximum atomic E-state index is 12.5. The lowest BCUT2D eigenvalue weighted by Gasteiger charge is -2.29. The van der Waals surface area contributed by atoms with Gasteiger partial charge in [0.15, 0.2) is 0 Å². The first-order valence-electron chi connectivity index (χ1n) is 6.98. The number of likely N-dealkylation sites (tertiary alicyclic amines) is 1. The van der Waals surface area contributed by atoms with E-state index in [4.69, 9.17) is 5.73 Å². The van der Waals surface area contributed by atoms with E-state index >= 15 is 0 Å². The Hall–Kier alpha value is -1.37. The first kappa shape index (κ1) is 15.0. The Morgan fingerprint density at radius 2 is 2.05 bits per heavy atom. The van der Waals surface area contributed by atoms with Crippen LogP contribution < -0.4 is 5.73 Å². The van der Waals surface area contributed by atoms with Crippen LogP contribution in [0.1, 0.15) is 25.3 Å². The molecule has 1 aromatic carbocycles. The lowest BCUT2D eigenvalue weighted by Crippen LogP contribution is -2.54. The van der Waals surface area contributed by atoms with E-state index in [9.17, 15) is 14.8 Å². The summed E-state index contributed by atoms with van der Waals surface area (Å²) in [6.45, 7) is 2.30. The van der Waals surface area contributed by atoms with Crippen molar-refractivity contribution in [3.63, 3.8) is 0 Å². The van der Waals surface area contributed by atoms with Gasteiger partial charge in [0.25, 0.3) is 0 Å². The van der Waals surface area contributed by atoms with Gasteiger partial charge >= 0.3 is 7.12 Å². The maximum absolute atomic E-state index is 12.5. The Bertz CT molecular complexity index is 469. The molecule has 20 heavy (non-hydrogen) atoms. The molecule has 1 aromatic rings. The fraction of sp³-hybridized carbons (Fsp3) is 0.500. The third kappa shape index (κ3) is 2.87. The van der Waals surface area contributed by atoms with Crippen molar-refractivity contribution < 1.29 is 14.8 Å². The zero-order valence-corrected chi connectivity index (χ0v) is 11.7. The van der Waals surface area contributed by atoms with Crippen molar-refractivity contribution in [2.24, 2.45) is 5.73 Å². The van der Waals surface area contributed by atoms with E-state index in [0.29, 0.717) is 25.8 Å².